The van der Waals surface area contributed by atoms with E-state index in [1.807, 2.05) is 39.0 Å². The van der Waals surface area contributed by atoms with E-state index >= 15 is 0 Å². The van der Waals surface area contributed by atoms with Crippen molar-refractivity contribution in [1.82, 2.24) is 9.80 Å². The Morgan fingerprint density at radius 1 is 1.06 bits per heavy atom. The molecule has 2 aromatic rings. The molecular weight excluding hydrogens is 408 g/mol. The number of Topliss-reactive ketones (excluding diaryl/α,β-unsaturated/α-hetero) is 1. The smallest absolute Gasteiger partial charge is 0.295 e. The van der Waals surface area contributed by atoms with Gasteiger partial charge in [-0.1, -0.05) is 17.7 Å². The van der Waals surface area contributed by atoms with Crippen molar-refractivity contribution in [3.63, 3.8) is 0 Å². The number of benzene rings is 1. The van der Waals surface area contributed by atoms with Gasteiger partial charge < -0.3 is 19.2 Å². The molecule has 2 aliphatic heterocycles. The van der Waals surface area contributed by atoms with Crippen LogP contribution in [0.4, 0.5) is 0 Å². The number of morpholine rings is 1. The van der Waals surface area contributed by atoms with Gasteiger partial charge in [-0.2, -0.15) is 0 Å². The fraction of sp³-hybridized carbons (Fsp3) is 0.440. The van der Waals surface area contributed by atoms with Crippen molar-refractivity contribution < 1.29 is 23.8 Å². The highest BCUT2D eigenvalue weighted by atomic mass is 16.5. The number of hydrogen-bond acceptors (Lipinski definition) is 6. The van der Waals surface area contributed by atoms with Gasteiger partial charge in [-0.25, -0.2) is 0 Å². The van der Waals surface area contributed by atoms with Crippen LogP contribution in [0, 0.1) is 20.8 Å². The number of aryl methyl sites for hydroxylation is 3. The summed E-state index contributed by atoms with van der Waals surface area (Å²) in [6, 6.07) is 8.52. The van der Waals surface area contributed by atoms with Gasteiger partial charge in [0.15, 0.2) is 0 Å². The van der Waals surface area contributed by atoms with E-state index in [0.29, 0.717) is 43.3 Å². The molecule has 0 aliphatic carbocycles. The lowest BCUT2D eigenvalue weighted by Gasteiger charge is -2.28. The second-order valence-corrected chi connectivity index (χ2v) is 8.57. The monoisotopic (exact) mass is 438 g/mol. The topological polar surface area (TPSA) is 83.2 Å². The SMILES string of the molecule is Cc1ccc(C)c(C(O)=C2C(=O)C(=O)N(CCCN3CCOCC3)[C@@H]2c2ccc(C)o2)c1. The molecule has 32 heavy (non-hydrogen) atoms. The number of furan rings is 1. The van der Waals surface area contributed by atoms with E-state index in [1.165, 1.54) is 4.90 Å². The summed E-state index contributed by atoms with van der Waals surface area (Å²) < 4.78 is 11.2. The average molecular weight is 439 g/mol. The number of ether oxygens (including phenoxy) is 1. The molecule has 7 nitrogen and oxygen atoms in total. The number of ketones is 1. The van der Waals surface area contributed by atoms with Crippen LogP contribution in [-0.4, -0.2) is 66.0 Å². The quantitative estimate of drug-likeness (QED) is 0.423. The first-order valence-corrected chi connectivity index (χ1v) is 11.1. The maximum absolute atomic E-state index is 13.1. The molecule has 0 unspecified atom stereocenters. The third kappa shape index (κ3) is 4.36. The number of carbonyl (C=O) groups excluding carboxylic acids is 2. The Bertz CT molecular complexity index is 1050. The lowest BCUT2D eigenvalue weighted by molar-refractivity contribution is -0.140. The van der Waals surface area contributed by atoms with E-state index in [2.05, 4.69) is 4.90 Å². The molecule has 170 valence electrons. The van der Waals surface area contributed by atoms with Crippen LogP contribution >= 0.6 is 0 Å². The molecule has 1 N–H and O–H groups in total. The number of aliphatic hydroxyl groups is 1. The Kier molecular flexibility index (Phi) is 6.48. The summed E-state index contributed by atoms with van der Waals surface area (Å²) in [5.41, 5.74) is 2.44. The summed E-state index contributed by atoms with van der Waals surface area (Å²) in [7, 11) is 0. The minimum atomic E-state index is -0.742. The maximum atomic E-state index is 13.1. The van der Waals surface area contributed by atoms with Crippen molar-refractivity contribution in [2.45, 2.75) is 33.2 Å². The predicted molar refractivity (Wildman–Crippen MR) is 120 cm³/mol. The number of nitrogens with zero attached hydrogens (tertiary/aromatic N) is 2. The lowest BCUT2D eigenvalue weighted by Crippen LogP contribution is -2.38. The number of rotatable bonds is 6. The summed E-state index contributed by atoms with van der Waals surface area (Å²) in [6.45, 7) is 9.99. The van der Waals surface area contributed by atoms with Gasteiger partial charge in [0.1, 0.15) is 23.3 Å². The summed E-state index contributed by atoms with van der Waals surface area (Å²) >= 11 is 0. The van der Waals surface area contributed by atoms with Gasteiger partial charge in [-0.05, 0) is 51.0 Å². The van der Waals surface area contributed by atoms with E-state index < -0.39 is 17.7 Å². The molecule has 1 aromatic carbocycles. The molecule has 1 aromatic heterocycles. The third-order valence-electron chi connectivity index (χ3n) is 6.20. The molecule has 2 aliphatic rings. The van der Waals surface area contributed by atoms with E-state index in [0.717, 1.165) is 30.8 Å². The minimum absolute atomic E-state index is 0.0874. The van der Waals surface area contributed by atoms with Crippen molar-refractivity contribution >= 4 is 17.4 Å². The molecule has 0 radical (unpaired) electrons. The molecule has 1 atom stereocenters. The highest BCUT2D eigenvalue weighted by Crippen LogP contribution is 2.40. The fourth-order valence-corrected chi connectivity index (χ4v) is 4.43. The lowest BCUT2D eigenvalue weighted by atomic mass is 9.96. The predicted octanol–water partition coefficient (Wildman–Crippen LogP) is 3.35. The first-order valence-electron chi connectivity index (χ1n) is 11.1. The number of carbonyl (C=O) groups is 2. The first kappa shape index (κ1) is 22.3. The third-order valence-corrected chi connectivity index (χ3v) is 6.20. The van der Waals surface area contributed by atoms with Crippen molar-refractivity contribution in [3.8, 4) is 0 Å². The highest BCUT2D eigenvalue weighted by Gasteiger charge is 2.47. The van der Waals surface area contributed by atoms with Gasteiger partial charge in [-0.3, -0.25) is 14.5 Å². The van der Waals surface area contributed by atoms with Crippen molar-refractivity contribution in [2.75, 3.05) is 39.4 Å². The molecule has 0 bridgehead atoms. The van der Waals surface area contributed by atoms with Crippen LogP contribution in [0.15, 0.2) is 40.3 Å². The normalized spacial score (nSPS) is 21.5. The number of likely N-dealkylation sites (tertiary alicyclic amines) is 1. The molecular formula is C25H30N2O5. The van der Waals surface area contributed by atoms with Crippen LogP contribution in [0.2, 0.25) is 0 Å². The van der Waals surface area contributed by atoms with Gasteiger partial charge in [0.25, 0.3) is 11.7 Å². The van der Waals surface area contributed by atoms with E-state index in [-0.39, 0.29) is 11.3 Å². The van der Waals surface area contributed by atoms with E-state index in [1.54, 1.807) is 12.1 Å². The molecule has 1 amide bonds. The molecule has 3 heterocycles. The largest absolute Gasteiger partial charge is 0.507 e. The Balaban J connectivity index is 1.68. The summed E-state index contributed by atoms with van der Waals surface area (Å²) in [6.07, 6.45) is 0.715. The Hall–Kier alpha value is -2.90. The molecule has 0 saturated carbocycles. The molecule has 0 spiro atoms. The minimum Gasteiger partial charge on any atom is -0.507 e. The maximum Gasteiger partial charge on any atom is 0.295 e. The van der Waals surface area contributed by atoms with Crippen LogP contribution in [0.5, 0.6) is 0 Å². The fourth-order valence-electron chi connectivity index (χ4n) is 4.43. The number of amides is 1. The van der Waals surface area contributed by atoms with E-state index in [9.17, 15) is 14.7 Å². The molecule has 7 heteroatoms. The zero-order valence-corrected chi connectivity index (χ0v) is 18.9. The van der Waals surface area contributed by atoms with Crippen LogP contribution in [0.3, 0.4) is 0 Å². The van der Waals surface area contributed by atoms with E-state index in [4.69, 9.17) is 9.15 Å². The van der Waals surface area contributed by atoms with Crippen molar-refractivity contribution in [3.05, 3.63) is 64.1 Å². The Morgan fingerprint density at radius 3 is 2.50 bits per heavy atom. The molecule has 2 fully saturated rings. The zero-order valence-electron chi connectivity index (χ0n) is 18.9. The number of aliphatic hydroxyl groups excluding tert-OH is 1. The van der Waals surface area contributed by atoms with Gasteiger partial charge >= 0.3 is 0 Å². The molecule has 4 rings (SSSR count). The van der Waals surface area contributed by atoms with Crippen molar-refractivity contribution in [2.24, 2.45) is 0 Å². The van der Waals surface area contributed by atoms with Crippen LogP contribution in [-0.2, 0) is 14.3 Å². The van der Waals surface area contributed by atoms with Gasteiger partial charge in [0.2, 0.25) is 0 Å². The second-order valence-electron chi connectivity index (χ2n) is 8.57. The van der Waals surface area contributed by atoms with Gasteiger partial charge in [0.05, 0.1) is 18.8 Å². The first-order chi connectivity index (χ1) is 15.4. The van der Waals surface area contributed by atoms with Crippen molar-refractivity contribution in [1.29, 1.82) is 0 Å². The van der Waals surface area contributed by atoms with Crippen LogP contribution < -0.4 is 0 Å². The average Bonchev–Trinajstić information content (AvgIpc) is 3.32. The Labute approximate surface area is 188 Å². The summed E-state index contributed by atoms with van der Waals surface area (Å²) in [5.74, 6) is -0.253. The molecule has 2 saturated heterocycles. The van der Waals surface area contributed by atoms with Gasteiger partial charge in [0, 0.05) is 31.7 Å². The van der Waals surface area contributed by atoms with Crippen LogP contribution in [0.1, 0.15) is 40.7 Å². The highest BCUT2D eigenvalue weighted by molar-refractivity contribution is 6.46. The summed E-state index contributed by atoms with van der Waals surface area (Å²) in [5, 5.41) is 11.2. The standard InChI is InChI=1S/C25H30N2O5/c1-16-5-6-17(2)19(15-16)23(28)21-22(20-8-7-18(3)32-20)27(25(30)24(21)29)10-4-9-26-11-13-31-14-12-26/h5-8,15,22,28H,4,9-14H2,1-3H3/t22-/m1/s1. The number of hydrogen-bond donors (Lipinski definition) is 1. The summed E-state index contributed by atoms with van der Waals surface area (Å²) in [4.78, 5) is 30.0. The second kappa shape index (κ2) is 9.30. The Morgan fingerprint density at radius 2 is 1.81 bits per heavy atom. The van der Waals surface area contributed by atoms with Gasteiger partial charge in [-0.15, -0.1) is 0 Å². The zero-order chi connectivity index (χ0) is 22.8. The van der Waals surface area contributed by atoms with Crippen LogP contribution in [0.25, 0.3) is 5.76 Å².